The van der Waals surface area contributed by atoms with Crippen LogP contribution >= 0.6 is 0 Å². The summed E-state index contributed by atoms with van der Waals surface area (Å²) in [4.78, 5) is 18.5. The van der Waals surface area contributed by atoms with Crippen molar-refractivity contribution in [3.63, 3.8) is 0 Å². The largest absolute Gasteiger partial charge is 0.444 e. The van der Waals surface area contributed by atoms with E-state index in [0.717, 1.165) is 8.28 Å². The van der Waals surface area contributed by atoms with Crippen LogP contribution in [0.25, 0.3) is 11.0 Å². The molecular formula is C20H27N5O4S. The van der Waals surface area contributed by atoms with Crippen molar-refractivity contribution in [3.05, 3.63) is 30.1 Å². The Labute approximate surface area is 177 Å². The summed E-state index contributed by atoms with van der Waals surface area (Å²) < 4.78 is 33.9. The van der Waals surface area contributed by atoms with Gasteiger partial charge in [0.15, 0.2) is 0 Å². The molecule has 2 heterocycles. The number of carbonyl (C=O) groups excluding carboxylic acids is 1. The fourth-order valence-corrected chi connectivity index (χ4v) is 4.65. The summed E-state index contributed by atoms with van der Waals surface area (Å²) in [5, 5.41) is 10.1. The molecule has 1 aromatic heterocycles. The molecule has 1 aliphatic rings. The molecule has 0 spiro atoms. The lowest BCUT2D eigenvalue weighted by molar-refractivity contribution is 0.0182. The number of rotatable bonds is 3. The summed E-state index contributed by atoms with van der Waals surface area (Å²) in [6, 6.07) is 9.22. The summed E-state index contributed by atoms with van der Waals surface area (Å²) in [6.45, 7) is 5.93. The number of ether oxygens (including phenoxy) is 1. The van der Waals surface area contributed by atoms with Gasteiger partial charge in [-0.15, -0.1) is 0 Å². The Bertz CT molecular complexity index is 1100. The van der Waals surface area contributed by atoms with E-state index in [1.807, 2.05) is 0 Å². The highest BCUT2D eigenvalue weighted by atomic mass is 32.2. The lowest BCUT2D eigenvalue weighted by Crippen LogP contribution is -2.48. The molecule has 1 fully saturated rings. The van der Waals surface area contributed by atoms with E-state index in [1.165, 1.54) is 14.1 Å². The molecule has 162 valence electrons. The predicted molar refractivity (Wildman–Crippen MR) is 112 cm³/mol. The molecule has 0 bridgehead atoms. The van der Waals surface area contributed by atoms with Crippen LogP contribution in [0.1, 0.15) is 39.4 Å². The van der Waals surface area contributed by atoms with Crippen LogP contribution in [-0.2, 0) is 20.4 Å². The maximum Gasteiger partial charge on any atom is 0.410 e. The van der Waals surface area contributed by atoms with Crippen molar-refractivity contribution >= 4 is 27.3 Å². The molecule has 9 nitrogen and oxygen atoms in total. The zero-order valence-corrected chi connectivity index (χ0v) is 18.7. The average Bonchev–Trinajstić information content (AvgIpc) is 3.07. The number of aromatic nitrogens is 2. The minimum atomic E-state index is -3.91. The van der Waals surface area contributed by atoms with Crippen LogP contribution < -0.4 is 0 Å². The number of imidazole rings is 1. The number of nitrogens with zero attached hydrogens (tertiary/aromatic N) is 5. The summed E-state index contributed by atoms with van der Waals surface area (Å²) in [5.74, 6) is 0.184. The second-order valence-corrected chi connectivity index (χ2v) is 10.6. The van der Waals surface area contributed by atoms with Crippen molar-refractivity contribution in [1.82, 2.24) is 18.2 Å². The smallest absolute Gasteiger partial charge is 0.410 e. The van der Waals surface area contributed by atoms with Crippen molar-refractivity contribution in [2.24, 2.45) is 0 Å². The van der Waals surface area contributed by atoms with E-state index >= 15 is 0 Å². The lowest BCUT2D eigenvalue weighted by Gasteiger charge is -2.37. The number of para-hydroxylation sites is 2. The first-order chi connectivity index (χ1) is 13.9. The molecule has 0 radical (unpaired) electrons. The first-order valence-corrected chi connectivity index (χ1v) is 11.1. The number of hydrogen-bond donors (Lipinski definition) is 0. The van der Waals surface area contributed by atoms with E-state index in [0.29, 0.717) is 11.0 Å². The molecule has 10 heteroatoms. The maximum atomic E-state index is 13.1. The van der Waals surface area contributed by atoms with Gasteiger partial charge in [0.25, 0.3) is 0 Å². The molecule has 0 saturated carbocycles. The van der Waals surface area contributed by atoms with E-state index in [1.54, 1.807) is 49.9 Å². The predicted octanol–water partition coefficient (Wildman–Crippen LogP) is 2.48. The zero-order valence-electron chi connectivity index (χ0n) is 17.9. The second-order valence-electron chi connectivity index (χ2n) is 8.64. The Morgan fingerprint density at radius 1 is 1.23 bits per heavy atom. The van der Waals surface area contributed by atoms with Crippen LogP contribution in [0.5, 0.6) is 0 Å². The lowest BCUT2D eigenvalue weighted by atomic mass is 9.79. The number of carbonyl (C=O) groups is 1. The van der Waals surface area contributed by atoms with Gasteiger partial charge in [-0.05, 0) is 45.7 Å². The Hall–Kier alpha value is -2.64. The van der Waals surface area contributed by atoms with Gasteiger partial charge in [-0.25, -0.2) is 13.8 Å². The van der Waals surface area contributed by atoms with E-state index in [-0.39, 0.29) is 31.8 Å². The third-order valence-corrected chi connectivity index (χ3v) is 6.88. The molecule has 0 atom stereocenters. The molecule has 1 aliphatic heterocycles. The van der Waals surface area contributed by atoms with Crippen LogP contribution in [0.4, 0.5) is 4.79 Å². The number of benzene rings is 1. The number of hydrogen-bond acceptors (Lipinski definition) is 6. The van der Waals surface area contributed by atoms with Gasteiger partial charge in [-0.1, -0.05) is 12.1 Å². The minimum Gasteiger partial charge on any atom is -0.444 e. The van der Waals surface area contributed by atoms with Gasteiger partial charge >= 0.3 is 16.3 Å². The first-order valence-electron chi connectivity index (χ1n) is 9.71. The third kappa shape index (κ3) is 3.87. The Morgan fingerprint density at radius 2 is 1.83 bits per heavy atom. The molecule has 0 unspecified atom stereocenters. The molecule has 1 saturated heterocycles. The van der Waals surface area contributed by atoms with Gasteiger partial charge < -0.3 is 9.64 Å². The van der Waals surface area contributed by atoms with E-state index in [2.05, 4.69) is 11.1 Å². The average molecular weight is 434 g/mol. The van der Waals surface area contributed by atoms with E-state index < -0.39 is 27.3 Å². The normalized spacial score (nSPS) is 17.2. The van der Waals surface area contributed by atoms with Crippen molar-refractivity contribution in [2.45, 2.75) is 44.6 Å². The third-order valence-electron chi connectivity index (χ3n) is 5.12. The quantitative estimate of drug-likeness (QED) is 0.736. The fourth-order valence-electron chi connectivity index (χ4n) is 3.49. The molecule has 1 aromatic carbocycles. The number of likely N-dealkylation sites (tertiary alicyclic amines) is 1. The summed E-state index contributed by atoms with van der Waals surface area (Å²) in [6.07, 6.45) is 0.0766. The molecule has 1 amide bonds. The van der Waals surface area contributed by atoms with E-state index in [9.17, 15) is 18.5 Å². The topological polar surface area (TPSA) is 109 Å². The minimum absolute atomic E-state index is 0.184. The number of fused-ring (bicyclic) bond motifs is 1. The first kappa shape index (κ1) is 22.1. The van der Waals surface area contributed by atoms with Crippen LogP contribution in [0, 0.1) is 11.3 Å². The second kappa shape index (κ2) is 7.56. The van der Waals surface area contributed by atoms with Gasteiger partial charge in [-0.2, -0.15) is 18.0 Å². The Balaban J connectivity index is 2.03. The number of piperidine rings is 1. The van der Waals surface area contributed by atoms with Crippen LogP contribution in [0.15, 0.2) is 24.3 Å². The maximum absolute atomic E-state index is 13.1. The summed E-state index contributed by atoms with van der Waals surface area (Å²) in [7, 11) is -1.03. The molecule has 3 rings (SSSR count). The fraction of sp³-hybridized carbons (Fsp3) is 0.550. The monoisotopic (exact) mass is 433 g/mol. The van der Waals surface area contributed by atoms with Crippen LogP contribution in [0.2, 0.25) is 0 Å². The Kier molecular flexibility index (Phi) is 5.56. The van der Waals surface area contributed by atoms with Crippen molar-refractivity contribution in [3.8, 4) is 6.07 Å². The van der Waals surface area contributed by atoms with Gasteiger partial charge in [0.2, 0.25) is 0 Å². The molecular weight excluding hydrogens is 406 g/mol. The van der Waals surface area contributed by atoms with E-state index in [4.69, 9.17) is 4.74 Å². The highest BCUT2D eigenvalue weighted by Gasteiger charge is 2.44. The van der Waals surface area contributed by atoms with Gasteiger partial charge in [0.05, 0.1) is 17.1 Å². The van der Waals surface area contributed by atoms with Gasteiger partial charge in [0, 0.05) is 27.2 Å². The highest BCUT2D eigenvalue weighted by Crippen LogP contribution is 2.37. The number of amides is 1. The molecule has 0 aliphatic carbocycles. The number of nitriles is 1. The zero-order chi connectivity index (χ0) is 22.3. The van der Waals surface area contributed by atoms with Crippen LogP contribution in [0.3, 0.4) is 0 Å². The molecule has 2 aromatic rings. The summed E-state index contributed by atoms with van der Waals surface area (Å²) >= 11 is 0. The Morgan fingerprint density at radius 3 is 2.37 bits per heavy atom. The summed E-state index contributed by atoms with van der Waals surface area (Å²) in [5.41, 5.74) is -0.831. The van der Waals surface area contributed by atoms with Gasteiger partial charge in [-0.3, -0.25) is 0 Å². The standard InChI is InChI=1S/C20H27N5O4S/c1-19(2,3)29-18(26)24-12-10-20(14-21,11-13-24)17-22-15-8-6-7-9-16(15)25(17)30(27,28)23(4)5/h6-9H,10-13H2,1-5H3. The molecule has 30 heavy (non-hydrogen) atoms. The SMILES string of the molecule is CN(C)S(=O)(=O)n1c(C2(C#N)CCN(C(=O)OC(C)(C)C)CC2)nc2ccccc21. The highest BCUT2D eigenvalue weighted by molar-refractivity contribution is 7.87. The molecule has 0 N–H and O–H groups in total. The van der Waals surface area contributed by atoms with Crippen LogP contribution in [-0.4, -0.2) is 65.5 Å². The van der Waals surface area contributed by atoms with Crippen molar-refractivity contribution < 1.29 is 17.9 Å². The van der Waals surface area contributed by atoms with Crippen molar-refractivity contribution in [2.75, 3.05) is 27.2 Å². The van der Waals surface area contributed by atoms with Gasteiger partial charge in [0.1, 0.15) is 16.8 Å². The van der Waals surface area contributed by atoms with Crippen molar-refractivity contribution in [1.29, 1.82) is 5.26 Å².